The Morgan fingerprint density at radius 2 is 1.82 bits per heavy atom. The van der Waals surface area contributed by atoms with E-state index in [4.69, 9.17) is 9.72 Å². The van der Waals surface area contributed by atoms with Crippen molar-refractivity contribution in [2.45, 2.75) is 20.0 Å². The molecule has 2 aromatic carbocycles. The highest BCUT2D eigenvalue weighted by atomic mass is 127. The quantitative estimate of drug-likeness (QED) is 0.290. The van der Waals surface area contributed by atoms with Crippen LogP contribution in [-0.4, -0.2) is 25.1 Å². The Morgan fingerprint density at radius 3 is 2.54 bits per heavy atom. The summed E-state index contributed by atoms with van der Waals surface area (Å²) in [6, 6.07) is 18.3. The molecule has 148 valence electrons. The molecule has 0 saturated heterocycles. The molecular weight excluding hydrogens is 483 g/mol. The predicted octanol–water partition coefficient (Wildman–Crippen LogP) is 4.61. The van der Waals surface area contributed by atoms with E-state index in [1.807, 2.05) is 43.3 Å². The van der Waals surface area contributed by atoms with Crippen molar-refractivity contribution in [1.82, 2.24) is 15.6 Å². The van der Waals surface area contributed by atoms with E-state index in [1.54, 1.807) is 25.5 Å². The minimum Gasteiger partial charge on any atom is -0.497 e. The van der Waals surface area contributed by atoms with E-state index in [0.717, 1.165) is 33.5 Å². The van der Waals surface area contributed by atoms with Crippen LogP contribution in [0.5, 0.6) is 5.75 Å². The maximum absolute atomic E-state index is 5.27. The van der Waals surface area contributed by atoms with Crippen LogP contribution in [0.1, 0.15) is 16.1 Å². The number of guanidine groups is 1. The molecule has 1 heterocycles. The number of halogens is 1. The lowest BCUT2D eigenvalue weighted by atomic mass is 10.2. The summed E-state index contributed by atoms with van der Waals surface area (Å²) >= 11 is 1.71. The zero-order valence-corrected chi connectivity index (χ0v) is 19.4. The first-order chi connectivity index (χ1) is 13.2. The third-order valence-corrected chi connectivity index (χ3v) is 5.35. The fourth-order valence-electron chi connectivity index (χ4n) is 2.65. The molecule has 0 bridgehead atoms. The van der Waals surface area contributed by atoms with Crippen molar-refractivity contribution in [2.75, 3.05) is 14.2 Å². The van der Waals surface area contributed by atoms with Gasteiger partial charge in [-0.3, -0.25) is 4.99 Å². The van der Waals surface area contributed by atoms with Crippen molar-refractivity contribution in [1.29, 1.82) is 0 Å². The molecule has 0 aliphatic carbocycles. The van der Waals surface area contributed by atoms with E-state index in [-0.39, 0.29) is 24.0 Å². The van der Waals surface area contributed by atoms with Crippen molar-refractivity contribution in [3.05, 3.63) is 70.7 Å². The van der Waals surface area contributed by atoms with Gasteiger partial charge in [-0.1, -0.05) is 42.5 Å². The molecule has 0 amide bonds. The van der Waals surface area contributed by atoms with Gasteiger partial charge < -0.3 is 15.4 Å². The first-order valence-corrected chi connectivity index (χ1v) is 9.60. The highest BCUT2D eigenvalue weighted by Crippen LogP contribution is 2.27. The Balaban J connectivity index is 0.00000280. The van der Waals surface area contributed by atoms with Crippen molar-refractivity contribution >= 4 is 41.3 Å². The zero-order valence-electron chi connectivity index (χ0n) is 16.2. The van der Waals surface area contributed by atoms with Gasteiger partial charge in [-0.2, -0.15) is 0 Å². The van der Waals surface area contributed by atoms with Gasteiger partial charge in [0, 0.05) is 24.0 Å². The highest BCUT2D eigenvalue weighted by molar-refractivity contribution is 14.0. The molecule has 0 fully saturated rings. The monoisotopic (exact) mass is 508 g/mol. The summed E-state index contributed by atoms with van der Waals surface area (Å²) in [5, 5.41) is 7.75. The summed E-state index contributed by atoms with van der Waals surface area (Å²) < 4.78 is 5.27. The van der Waals surface area contributed by atoms with Gasteiger partial charge in [0.2, 0.25) is 0 Å². The van der Waals surface area contributed by atoms with Gasteiger partial charge in [-0.15, -0.1) is 35.3 Å². The van der Waals surface area contributed by atoms with Gasteiger partial charge in [0.05, 0.1) is 19.3 Å². The third kappa shape index (κ3) is 5.93. The second-order valence-corrected chi connectivity index (χ2v) is 7.11. The topological polar surface area (TPSA) is 58.5 Å². The number of rotatable bonds is 6. The van der Waals surface area contributed by atoms with Gasteiger partial charge in [0.25, 0.3) is 0 Å². The van der Waals surface area contributed by atoms with Crippen LogP contribution in [0, 0.1) is 6.92 Å². The third-order valence-electron chi connectivity index (χ3n) is 4.15. The molecule has 7 heteroatoms. The lowest BCUT2D eigenvalue weighted by molar-refractivity contribution is 0.414. The van der Waals surface area contributed by atoms with E-state index >= 15 is 0 Å². The van der Waals surface area contributed by atoms with Gasteiger partial charge in [0.15, 0.2) is 5.96 Å². The van der Waals surface area contributed by atoms with Crippen LogP contribution in [0.4, 0.5) is 0 Å². The zero-order chi connectivity index (χ0) is 19.1. The molecule has 0 aliphatic heterocycles. The largest absolute Gasteiger partial charge is 0.497 e. The summed E-state index contributed by atoms with van der Waals surface area (Å²) in [7, 11) is 3.45. The van der Waals surface area contributed by atoms with Crippen LogP contribution in [0.2, 0.25) is 0 Å². The summed E-state index contributed by atoms with van der Waals surface area (Å²) in [6.45, 7) is 3.41. The number of methoxy groups -OCH3 is 1. The second-order valence-electron chi connectivity index (χ2n) is 6.02. The minimum absolute atomic E-state index is 0. The predicted molar refractivity (Wildman–Crippen MR) is 128 cm³/mol. The molecule has 0 aliphatic rings. The summed E-state index contributed by atoms with van der Waals surface area (Å²) in [6.07, 6.45) is 0. The van der Waals surface area contributed by atoms with Crippen LogP contribution >= 0.6 is 35.3 Å². The van der Waals surface area contributed by atoms with Crippen LogP contribution in [0.3, 0.4) is 0 Å². The molecule has 3 aromatic rings. The smallest absolute Gasteiger partial charge is 0.191 e. The number of benzene rings is 2. The fourth-order valence-corrected chi connectivity index (χ4v) is 3.66. The highest BCUT2D eigenvalue weighted by Gasteiger charge is 2.10. The van der Waals surface area contributed by atoms with Crippen molar-refractivity contribution in [3.8, 4) is 16.3 Å². The van der Waals surface area contributed by atoms with E-state index < -0.39 is 0 Å². The van der Waals surface area contributed by atoms with Crippen LogP contribution in [-0.2, 0) is 13.1 Å². The van der Waals surface area contributed by atoms with Crippen molar-refractivity contribution in [3.63, 3.8) is 0 Å². The fraction of sp³-hybridized carbons (Fsp3) is 0.238. The van der Waals surface area contributed by atoms with Crippen molar-refractivity contribution in [2.24, 2.45) is 4.99 Å². The number of hydrogen-bond donors (Lipinski definition) is 2. The van der Waals surface area contributed by atoms with Crippen LogP contribution < -0.4 is 15.4 Å². The van der Waals surface area contributed by atoms with Crippen LogP contribution in [0.15, 0.2) is 59.6 Å². The molecule has 0 radical (unpaired) electrons. The first kappa shape index (κ1) is 22.2. The van der Waals surface area contributed by atoms with E-state index in [1.165, 1.54) is 4.88 Å². The number of hydrogen-bond acceptors (Lipinski definition) is 4. The maximum Gasteiger partial charge on any atom is 0.191 e. The SMILES string of the molecule is CN=C(NCc1cccc(OC)c1)NCc1sc(-c2ccccc2)nc1C.I. The molecule has 0 spiro atoms. The summed E-state index contributed by atoms with van der Waals surface area (Å²) in [4.78, 5) is 10.2. The minimum atomic E-state index is 0. The number of nitrogens with zero attached hydrogens (tertiary/aromatic N) is 2. The molecule has 1 aromatic heterocycles. The number of nitrogens with one attached hydrogen (secondary N) is 2. The number of aliphatic imine (C=N–C) groups is 1. The normalized spacial score (nSPS) is 10.9. The summed E-state index contributed by atoms with van der Waals surface area (Å²) in [5.74, 6) is 1.61. The van der Waals surface area contributed by atoms with Gasteiger partial charge >= 0.3 is 0 Å². The number of aromatic nitrogens is 1. The average Bonchev–Trinajstić information content (AvgIpc) is 3.09. The molecule has 0 saturated carbocycles. The molecule has 5 nitrogen and oxygen atoms in total. The molecular formula is C21H25IN4OS. The Labute approximate surface area is 187 Å². The van der Waals surface area contributed by atoms with Gasteiger partial charge in [-0.05, 0) is 24.6 Å². The first-order valence-electron chi connectivity index (χ1n) is 8.78. The van der Waals surface area contributed by atoms with Gasteiger partial charge in [0.1, 0.15) is 10.8 Å². The summed E-state index contributed by atoms with van der Waals surface area (Å²) in [5.41, 5.74) is 3.34. The molecule has 0 atom stereocenters. The number of thiazole rings is 1. The Morgan fingerprint density at radius 1 is 1.07 bits per heavy atom. The van der Waals surface area contributed by atoms with E-state index in [0.29, 0.717) is 13.1 Å². The maximum atomic E-state index is 5.27. The van der Waals surface area contributed by atoms with E-state index in [2.05, 4.69) is 33.8 Å². The number of aryl methyl sites for hydroxylation is 1. The van der Waals surface area contributed by atoms with E-state index in [9.17, 15) is 0 Å². The molecule has 2 N–H and O–H groups in total. The second kappa shape index (κ2) is 11.0. The van der Waals surface area contributed by atoms with Crippen molar-refractivity contribution < 1.29 is 4.74 Å². The van der Waals surface area contributed by atoms with Crippen LogP contribution in [0.25, 0.3) is 10.6 Å². The lowest BCUT2D eigenvalue weighted by Gasteiger charge is -2.12. The standard InChI is InChI=1S/C21H24N4OS.HI/c1-15-19(27-20(25-15)17-9-5-4-6-10-17)14-24-21(22-2)23-13-16-8-7-11-18(12-16)26-3;/h4-12H,13-14H2,1-3H3,(H2,22,23,24);1H. The molecule has 28 heavy (non-hydrogen) atoms. The lowest BCUT2D eigenvalue weighted by Crippen LogP contribution is -2.36. The molecule has 3 rings (SSSR count). The molecule has 0 unspecified atom stereocenters. The van der Waals surface area contributed by atoms with Gasteiger partial charge in [-0.25, -0.2) is 4.98 Å². The average molecular weight is 508 g/mol. The Bertz CT molecular complexity index is 912. The Kier molecular flexibility index (Phi) is 8.72. The Hall–Kier alpha value is -2.13. The number of ether oxygens (including phenoxy) is 1.